The number of ether oxygens (including phenoxy) is 1. The number of hydrogen-bond donors (Lipinski definition) is 2. The minimum absolute atomic E-state index is 0.309. The van der Waals surface area contributed by atoms with E-state index >= 15 is 0 Å². The zero-order valence-corrected chi connectivity index (χ0v) is 13.3. The Morgan fingerprint density at radius 3 is 2.75 bits per heavy atom. The monoisotopic (exact) mass is 286 g/mol. The van der Waals surface area contributed by atoms with Crippen molar-refractivity contribution in [3.8, 4) is 0 Å². The molecule has 5 nitrogen and oxygen atoms in total. The summed E-state index contributed by atoms with van der Waals surface area (Å²) in [5.41, 5.74) is -0.774. The number of nitrogens with one attached hydrogen (secondary N) is 1. The van der Waals surface area contributed by atoms with Gasteiger partial charge >= 0.3 is 5.97 Å². The Kier molecular flexibility index (Phi) is 6.92. The molecule has 3 unspecified atom stereocenters. The lowest BCUT2D eigenvalue weighted by atomic mass is 9.90. The highest BCUT2D eigenvalue weighted by molar-refractivity contribution is 5.78. The lowest BCUT2D eigenvalue weighted by Gasteiger charge is -2.37. The van der Waals surface area contributed by atoms with E-state index in [1.807, 2.05) is 6.92 Å². The van der Waals surface area contributed by atoms with Gasteiger partial charge in [-0.3, -0.25) is 4.79 Å². The molecule has 1 aliphatic heterocycles. The number of nitrogens with zero attached hydrogens (tertiary/aromatic N) is 1. The Labute approximate surface area is 122 Å². The Morgan fingerprint density at radius 2 is 2.25 bits per heavy atom. The molecule has 1 rings (SSSR count). The lowest BCUT2D eigenvalue weighted by molar-refractivity contribution is -0.145. The number of rotatable bonds is 8. The first-order valence-corrected chi connectivity index (χ1v) is 7.66. The minimum Gasteiger partial charge on any atom is -0.480 e. The van der Waals surface area contributed by atoms with Crippen molar-refractivity contribution >= 4 is 5.97 Å². The summed E-state index contributed by atoms with van der Waals surface area (Å²) in [4.78, 5) is 13.8. The van der Waals surface area contributed by atoms with E-state index in [1.165, 1.54) is 0 Å². The Bertz CT molecular complexity index is 305. The molecule has 0 bridgehead atoms. The standard InChI is InChI=1S/C15H30N2O3/c1-5-15(16-3,14(18)19)8-6-9-17-10-7-12(2)13(11-17)20-4/h12-13,16H,5-11H2,1-4H3,(H,18,19). The number of aliphatic carboxylic acids is 1. The molecule has 0 amide bonds. The first-order valence-electron chi connectivity index (χ1n) is 7.66. The third-order valence-corrected chi connectivity index (χ3v) is 4.85. The maximum absolute atomic E-state index is 11.4. The van der Waals surface area contributed by atoms with Crippen LogP contribution in [0.5, 0.6) is 0 Å². The van der Waals surface area contributed by atoms with Gasteiger partial charge in [0.05, 0.1) is 6.10 Å². The summed E-state index contributed by atoms with van der Waals surface area (Å²) in [7, 11) is 3.51. The second-order valence-electron chi connectivity index (χ2n) is 5.94. The first kappa shape index (κ1) is 17.4. The maximum Gasteiger partial charge on any atom is 0.323 e. The molecular formula is C15H30N2O3. The molecule has 0 aliphatic carbocycles. The molecule has 0 saturated carbocycles. The zero-order valence-electron chi connectivity index (χ0n) is 13.3. The predicted molar refractivity (Wildman–Crippen MR) is 80.0 cm³/mol. The third kappa shape index (κ3) is 4.17. The zero-order chi connectivity index (χ0) is 15.2. The van der Waals surface area contributed by atoms with Gasteiger partial charge in [-0.25, -0.2) is 0 Å². The van der Waals surface area contributed by atoms with E-state index < -0.39 is 11.5 Å². The second kappa shape index (κ2) is 7.96. The summed E-state index contributed by atoms with van der Waals surface area (Å²) in [6.45, 7) is 7.16. The van der Waals surface area contributed by atoms with E-state index in [9.17, 15) is 9.90 Å². The van der Waals surface area contributed by atoms with E-state index in [4.69, 9.17) is 4.74 Å². The highest BCUT2D eigenvalue weighted by Gasteiger charge is 2.34. The fraction of sp³-hybridized carbons (Fsp3) is 0.933. The number of carbonyl (C=O) groups is 1. The van der Waals surface area contributed by atoms with Crippen LogP contribution in [0.3, 0.4) is 0 Å². The highest BCUT2D eigenvalue weighted by atomic mass is 16.5. The van der Waals surface area contributed by atoms with Crippen molar-refractivity contribution in [2.75, 3.05) is 33.8 Å². The van der Waals surface area contributed by atoms with Crippen LogP contribution in [0.25, 0.3) is 0 Å². The van der Waals surface area contributed by atoms with E-state index in [0.717, 1.165) is 32.5 Å². The van der Waals surface area contributed by atoms with Crippen molar-refractivity contribution in [2.24, 2.45) is 5.92 Å². The van der Waals surface area contributed by atoms with Crippen molar-refractivity contribution in [3.63, 3.8) is 0 Å². The van der Waals surface area contributed by atoms with Gasteiger partial charge in [0.1, 0.15) is 5.54 Å². The number of likely N-dealkylation sites (tertiary alicyclic amines) is 1. The van der Waals surface area contributed by atoms with Crippen LogP contribution in [0.15, 0.2) is 0 Å². The molecule has 118 valence electrons. The van der Waals surface area contributed by atoms with Gasteiger partial charge in [-0.05, 0) is 51.7 Å². The van der Waals surface area contributed by atoms with Crippen LogP contribution in [-0.4, -0.2) is 61.4 Å². The van der Waals surface area contributed by atoms with Crippen molar-refractivity contribution in [1.82, 2.24) is 10.2 Å². The van der Waals surface area contributed by atoms with Crippen molar-refractivity contribution in [2.45, 2.75) is 51.2 Å². The number of hydrogen-bond acceptors (Lipinski definition) is 4. The molecule has 1 heterocycles. The normalized spacial score (nSPS) is 27.2. The molecule has 0 radical (unpaired) electrons. The number of methoxy groups -OCH3 is 1. The van der Waals surface area contributed by atoms with Gasteiger partial charge < -0.3 is 20.1 Å². The Morgan fingerprint density at radius 1 is 1.55 bits per heavy atom. The van der Waals surface area contributed by atoms with Crippen LogP contribution in [0.1, 0.15) is 39.5 Å². The smallest absolute Gasteiger partial charge is 0.323 e. The van der Waals surface area contributed by atoms with Gasteiger partial charge in [-0.15, -0.1) is 0 Å². The summed E-state index contributed by atoms with van der Waals surface area (Å²) in [6, 6.07) is 0. The van der Waals surface area contributed by atoms with E-state index in [-0.39, 0.29) is 0 Å². The van der Waals surface area contributed by atoms with Crippen LogP contribution < -0.4 is 5.32 Å². The molecule has 1 saturated heterocycles. The maximum atomic E-state index is 11.4. The van der Waals surface area contributed by atoms with E-state index in [2.05, 4.69) is 17.1 Å². The molecule has 5 heteroatoms. The number of carboxylic acids is 1. The molecule has 0 aromatic heterocycles. The molecule has 0 spiro atoms. The van der Waals surface area contributed by atoms with Crippen LogP contribution in [0, 0.1) is 5.92 Å². The van der Waals surface area contributed by atoms with Gasteiger partial charge in [-0.1, -0.05) is 13.8 Å². The number of carboxylic acid groups (broad SMARTS) is 1. The highest BCUT2D eigenvalue weighted by Crippen LogP contribution is 2.22. The molecule has 3 atom stereocenters. The molecular weight excluding hydrogens is 256 g/mol. The van der Waals surface area contributed by atoms with Gasteiger partial charge in [-0.2, -0.15) is 0 Å². The van der Waals surface area contributed by atoms with Crippen molar-refractivity contribution in [1.29, 1.82) is 0 Å². The summed E-state index contributed by atoms with van der Waals surface area (Å²) in [5.74, 6) is -0.133. The molecule has 0 aromatic rings. The SMILES string of the molecule is CCC(CCCN1CCC(C)C(OC)C1)(NC)C(=O)O. The van der Waals surface area contributed by atoms with Gasteiger partial charge in [0.2, 0.25) is 0 Å². The number of piperidine rings is 1. The topological polar surface area (TPSA) is 61.8 Å². The average molecular weight is 286 g/mol. The fourth-order valence-corrected chi connectivity index (χ4v) is 3.06. The quantitative estimate of drug-likeness (QED) is 0.709. The van der Waals surface area contributed by atoms with Crippen molar-refractivity contribution in [3.05, 3.63) is 0 Å². The summed E-state index contributed by atoms with van der Waals surface area (Å²) >= 11 is 0. The summed E-state index contributed by atoms with van der Waals surface area (Å²) in [5, 5.41) is 12.4. The summed E-state index contributed by atoms with van der Waals surface area (Å²) in [6.07, 6.45) is 3.63. The van der Waals surface area contributed by atoms with Crippen LogP contribution >= 0.6 is 0 Å². The predicted octanol–water partition coefficient (Wildman–Crippen LogP) is 1.58. The minimum atomic E-state index is -0.774. The summed E-state index contributed by atoms with van der Waals surface area (Å²) < 4.78 is 5.51. The largest absolute Gasteiger partial charge is 0.480 e. The Balaban J connectivity index is 2.42. The third-order valence-electron chi connectivity index (χ3n) is 4.85. The van der Waals surface area contributed by atoms with Crippen LogP contribution in [0.4, 0.5) is 0 Å². The molecule has 20 heavy (non-hydrogen) atoms. The lowest BCUT2D eigenvalue weighted by Crippen LogP contribution is -2.50. The number of likely N-dealkylation sites (N-methyl/N-ethyl adjacent to an activating group) is 1. The molecule has 1 aliphatic rings. The van der Waals surface area contributed by atoms with Crippen LogP contribution in [0.2, 0.25) is 0 Å². The van der Waals surface area contributed by atoms with Crippen molar-refractivity contribution < 1.29 is 14.6 Å². The second-order valence-corrected chi connectivity index (χ2v) is 5.94. The average Bonchev–Trinajstić information content (AvgIpc) is 2.45. The van der Waals surface area contributed by atoms with E-state index in [0.29, 0.717) is 24.9 Å². The molecule has 0 aromatic carbocycles. The van der Waals surface area contributed by atoms with E-state index in [1.54, 1.807) is 14.2 Å². The molecule has 2 N–H and O–H groups in total. The fourth-order valence-electron chi connectivity index (χ4n) is 3.06. The Hall–Kier alpha value is -0.650. The van der Waals surface area contributed by atoms with Crippen LogP contribution in [-0.2, 0) is 9.53 Å². The molecule has 1 fully saturated rings. The van der Waals surface area contributed by atoms with Gasteiger partial charge in [0.15, 0.2) is 0 Å². The van der Waals surface area contributed by atoms with Gasteiger partial charge in [0.25, 0.3) is 0 Å². The first-order chi connectivity index (χ1) is 9.49. The van der Waals surface area contributed by atoms with Gasteiger partial charge in [0, 0.05) is 13.7 Å².